The Labute approximate surface area is 132 Å². The van der Waals surface area contributed by atoms with Gasteiger partial charge in [-0.15, -0.1) is 0 Å². The molecule has 0 aliphatic rings. The highest BCUT2D eigenvalue weighted by molar-refractivity contribution is 5.31. The van der Waals surface area contributed by atoms with Gasteiger partial charge in [0.25, 0.3) is 0 Å². The molecule has 0 aliphatic heterocycles. The molecule has 2 nitrogen and oxygen atoms in total. The highest BCUT2D eigenvalue weighted by Gasteiger charge is 2.13. The van der Waals surface area contributed by atoms with Crippen LogP contribution < -0.4 is 10.5 Å². The van der Waals surface area contributed by atoms with E-state index in [1.54, 1.807) is 6.07 Å². The second kappa shape index (κ2) is 8.54. The zero-order valence-corrected chi connectivity index (χ0v) is 13.1. The predicted octanol–water partition coefficient (Wildman–Crippen LogP) is 4.43. The smallest absolute Gasteiger partial charge is 0.126 e. The van der Waals surface area contributed by atoms with Crippen molar-refractivity contribution in [1.29, 1.82) is 0 Å². The number of rotatable bonds is 8. The molecule has 0 fully saturated rings. The molecule has 0 amide bonds. The van der Waals surface area contributed by atoms with E-state index >= 15 is 0 Å². The van der Waals surface area contributed by atoms with Crippen molar-refractivity contribution in [3.63, 3.8) is 0 Å². The van der Waals surface area contributed by atoms with Gasteiger partial charge in [0.05, 0.1) is 6.61 Å². The highest BCUT2D eigenvalue weighted by atomic mass is 19.1. The van der Waals surface area contributed by atoms with Crippen molar-refractivity contribution in [3.05, 3.63) is 65.5 Å². The number of ether oxygens (including phenoxy) is 1. The number of aryl methyl sites for hydroxylation is 1. The fourth-order valence-electron chi connectivity index (χ4n) is 2.60. The third-order valence-corrected chi connectivity index (χ3v) is 3.93. The van der Waals surface area contributed by atoms with Gasteiger partial charge >= 0.3 is 0 Å². The van der Waals surface area contributed by atoms with Crippen LogP contribution in [0.25, 0.3) is 0 Å². The van der Waals surface area contributed by atoms with Gasteiger partial charge in [-0.05, 0) is 61.9 Å². The van der Waals surface area contributed by atoms with Crippen LogP contribution in [0.5, 0.6) is 5.75 Å². The fraction of sp³-hybridized carbons (Fsp3) is 0.368. The molecule has 2 N–H and O–H groups in total. The summed E-state index contributed by atoms with van der Waals surface area (Å²) in [6.07, 6.45) is 2.80. The van der Waals surface area contributed by atoms with Gasteiger partial charge < -0.3 is 10.5 Å². The van der Waals surface area contributed by atoms with Crippen molar-refractivity contribution in [2.75, 3.05) is 13.2 Å². The van der Waals surface area contributed by atoms with Gasteiger partial charge in [-0.1, -0.05) is 36.4 Å². The van der Waals surface area contributed by atoms with Crippen LogP contribution >= 0.6 is 0 Å². The Bertz CT molecular complexity index is 585. The summed E-state index contributed by atoms with van der Waals surface area (Å²) >= 11 is 0. The topological polar surface area (TPSA) is 35.2 Å². The Morgan fingerprint density at radius 1 is 1.05 bits per heavy atom. The van der Waals surface area contributed by atoms with Crippen LogP contribution in [-0.4, -0.2) is 13.2 Å². The third-order valence-electron chi connectivity index (χ3n) is 3.93. The Hall–Kier alpha value is -1.87. The van der Waals surface area contributed by atoms with Crippen LogP contribution in [0.15, 0.2) is 48.5 Å². The van der Waals surface area contributed by atoms with Gasteiger partial charge in [0.15, 0.2) is 0 Å². The van der Waals surface area contributed by atoms with Crippen LogP contribution in [0.1, 0.15) is 36.3 Å². The van der Waals surface area contributed by atoms with E-state index in [2.05, 4.69) is 0 Å². The third kappa shape index (κ3) is 4.57. The minimum atomic E-state index is -0.158. The van der Waals surface area contributed by atoms with Gasteiger partial charge in [-0.2, -0.15) is 0 Å². The van der Waals surface area contributed by atoms with E-state index in [1.807, 2.05) is 43.3 Å². The molecule has 0 heterocycles. The van der Waals surface area contributed by atoms with Crippen molar-refractivity contribution >= 4 is 0 Å². The van der Waals surface area contributed by atoms with Crippen molar-refractivity contribution in [1.82, 2.24) is 0 Å². The molecule has 22 heavy (non-hydrogen) atoms. The van der Waals surface area contributed by atoms with Gasteiger partial charge in [-0.25, -0.2) is 4.39 Å². The standard InChI is InChI=1S/C19H24FNO/c1-15-8-2-5-12-19(15)22-13-7-6-9-16(14-21)17-10-3-4-11-18(17)20/h2-5,8,10-12,16H,6-7,9,13-14,21H2,1H3. The first-order chi connectivity index (χ1) is 10.7. The van der Waals surface area contributed by atoms with Gasteiger partial charge in [-0.3, -0.25) is 0 Å². The Morgan fingerprint density at radius 2 is 1.77 bits per heavy atom. The first kappa shape index (κ1) is 16.5. The van der Waals surface area contributed by atoms with Crippen molar-refractivity contribution < 1.29 is 9.13 Å². The minimum absolute atomic E-state index is 0.0830. The lowest BCUT2D eigenvalue weighted by molar-refractivity contribution is 0.301. The zero-order valence-electron chi connectivity index (χ0n) is 13.1. The first-order valence-corrected chi connectivity index (χ1v) is 7.85. The molecule has 0 aromatic heterocycles. The lowest BCUT2D eigenvalue weighted by Crippen LogP contribution is -2.14. The Morgan fingerprint density at radius 3 is 2.50 bits per heavy atom. The van der Waals surface area contributed by atoms with Gasteiger partial charge in [0.1, 0.15) is 11.6 Å². The van der Waals surface area contributed by atoms with Gasteiger partial charge in [0, 0.05) is 0 Å². The van der Waals surface area contributed by atoms with E-state index in [9.17, 15) is 4.39 Å². The molecule has 2 rings (SSSR count). The molecule has 0 spiro atoms. The second-order valence-corrected chi connectivity index (χ2v) is 5.56. The maximum Gasteiger partial charge on any atom is 0.126 e. The average molecular weight is 301 g/mol. The summed E-state index contributed by atoms with van der Waals surface area (Å²) in [6.45, 7) is 3.19. The van der Waals surface area contributed by atoms with E-state index in [-0.39, 0.29) is 11.7 Å². The number of hydrogen-bond donors (Lipinski definition) is 1. The lowest BCUT2D eigenvalue weighted by Gasteiger charge is -2.16. The van der Waals surface area contributed by atoms with Crippen LogP contribution in [-0.2, 0) is 0 Å². The van der Waals surface area contributed by atoms with E-state index in [1.165, 1.54) is 6.07 Å². The van der Waals surface area contributed by atoms with Gasteiger partial charge in [0.2, 0.25) is 0 Å². The molecule has 3 heteroatoms. The minimum Gasteiger partial charge on any atom is -0.493 e. The highest BCUT2D eigenvalue weighted by Crippen LogP contribution is 2.24. The summed E-state index contributed by atoms with van der Waals surface area (Å²) < 4.78 is 19.6. The summed E-state index contributed by atoms with van der Waals surface area (Å²) in [7, 11) is 0. The van der Waals surface area contributed by atoms with Crippen molar-refractivity contribution in [3.8, 4) is 5.75 Å². The summed E-state index contributed by atoms with van der Waals surface area (Å²) in [5.74, 6) is 0.862. The first-order valence-electron chi connectivity index (χ1n) is 7.85. The number of unbranched alkanes of at least 4 members (excludes halogenated alkanes) is 1. The number of para-hydroxylation sites is 1. The number of benzene rings is 2. The zero-order chi connectivity index (χ0) is 15.8. The second-order valence-electron chi connectivity index (χ2n) is 5.56. The van der Waals surface area contributed by atoms with Crippen LogP contribution in [0.4, 0.5) is 4.39 Å². The molecule has 0 bridgehead atoms. The van der Waals surface area contributed by atoms with E-state index in [0.717, 1.165) is 36.1 Å². The molecule has 0 aliphatic carbocycles. The average Bonchev–Trinajstić information content (AvgIpc) is 2.53. The largest absolute Gasteiger partial charge is 0.493 e. The van der Waals surface area contributed by atoms with E-state index in [0.29, 0.717) is 13.2 Å². The number of nitrogens with two attached hydrogens (primary N) is 1. The molecule has 1 atom stereocenters. The maximum atomic E-state index is 13.8. The lowest BCUT2D eigenvalue weighted by atomic mass is 9.93. The normalized spacial score (nSPS) is 12.1. The summed E-state index contributed by atoms with van der Waals surface area (Å²) in [4.78, 5) is 0. The molecule has 2 aromatic carbocycles. The van der Waals surface area contributed by atoms with E-state index in [4.69, 9.17) is 10.5 Å². The quantitative estimate of drug-likeness (QED) is 0.732. The predicted molar refractivity (Wildman–Crippen MR) is 88.7 cm³/mol. The summed E-state index contributed by atoms with van der Waals surface area (Å²) in [5.41, 5.74) is 7.68. The molecular formula is C19H24FNO. The maximum absolute atomic E-state index is 13.8. The fourth-order valence-corrected chi connectivity index (χ4v) is 2.60. The van der Waals surface area contributed by atoms with Crippen molar-refractivity contribution in [2.45, 2.75) is 32.1 Å². The summed E-state index contributed by atoms with van der Waals surface area (Å²) in [6, 6.07) is 14.9. The molecular weight excluding hydrogens is 277 g/mol. The SMILES string of the molecule is Cc1ccccc1OCCCCC(CN)c1ccccc1F. The number of halogens is 1. The molecule has 1 unspecified atom stereocenters. The Kier molecular flexibility index (Phi) is 6.41. The van der Waals surface area contributed by atoms with E-state index < -0.39 is 0 Å². The molecule has 118 valence electrons. The van der Waals surface area contributed by atoms with Crippen LogP contribution in [0.3, 0.4) is 0 Å². The monoisotopic (exact) mass is 301 g/mol. The Balaban J connectivity index is 1.76. The summed E-state index contributed by atoms with van der Waals surface area (Å²) in [5, 5.41) is 0. The van der Waals surface area contributed by atoms with Crippen LogP contribution in [0, 0.1) is 12.7 Å². The molecule has 0 radical (unpaired) electrons. The molecule has 0 saturated carbocycles. The van der Waals surface area contributed by atoms with Crippen molar-refractivity contribution in [2.24, 2.45) is 5.73 Å². The molecule has 0 saturated heterocycles. The van der Waals surface area contributed by atoms with Crippen LogP contribution in [0.2, 0.25) is 0 Å². The number of hydrogen-bond acceptors (Lipinski definition) is 2. The molecule has 2 aromatic rings.